The van der Waals surface area contributed by atoms with Crippen molar-refractivity contribution in [3.8, 4) is 0 Å². The van der Waals surface area contributed by atoms with Gasteiger partial charge in [0.15, 0.2) is 0 Å². The Balaban J connectivity index is 2.42. The van der Waals surface area contributed by atoms with Crippen LogP contribution < -0.4 is 5.32 Å². The molecule has 1 aromatic rings. The van der Waals surface area contributed by atoms with Crippen LogP contribution in [-0.2, 0) is 14.8 Å². The smallest absolute Gasteiger partial charge is 0.342 e. The number of ether oxygens (including phenoxy) is 1. The molecule has 130 valence electrons. The third-order valence-corrected chi connectivity index (χ3v) is 6.19. The molecule has 1 N–H and O–H groups in total. The van der Waals surface area contributed by atoms with E-state index in [1.165, 1.54) is 11.4 Å². The zero-order valence-electron chi connectivity index (χ0n) is 14.0. The summed E-state index contributed by atoms with van der Waals surface area (Å²) in [5.74, 6) is 0.0514. The second-order valence-electron chi connectivity index (χ2n) is 5.84. The first-order chi connectivity index (χ1) is 10.8. The highest BCUT2D eigenvalue weighted by atomic mass is 32.2. The minimum absolute atomic E-state index is 0.000685. The summed E-state index contributed by atoms with van der Waals surface area (Å²) in [7, 11) is -0.718. The number of furan rings is 1. The molecule has 2 heterocycles. The van der Waals surface area contributed by atoms with Gasteiger partial charge in [-0.2, -0.15) is 4.31 Å². The van der Waals surface area contributed by atoms with Crippen LogP contribution in [0.2, 0.25) is 0 Å². The number of hydrogen-bond donors (Lipinski definition) is 1. The maximum Gasteiger partial charge on any atom is 0.342 e. The molecular weight excluding hydrogens is 320 g/mol. The molecule has 0 amide bonds. The third kappa shape index (κ3) is 3.44. The number of sulfonamides is 1. The summed E-state index contributed by atoms with van der Waals surface area (Å²) in [6.45, 7) is 4.78. The van der Waals surface area contributed by atoms with Gasteiger partial charge in [0.1, 0.15) is 22.0 Å². The second kappa shape index (κ2) is 7.02. The first-order valence-corrected chi connectivity index (χ1v) is 9.10. The second-order valence-corrected chi connectivity index (χ2v) is 7.71. The molecule has 7 nitrogen and oxygen atoms in total. The summed E-state index contributed by atoms with van der Waals surface area (Å²) in [5.41, 5.74) is 0.000685. The van der Waals surface area contributed by atoms with Gasteiger partial charge in [-0.25, -0.2) is 13.2 Å². The van der Waals surface area contributed by atoms with E-state index in [9.17, 15) is 13.2 Å². The molecule has 1 aromatic heterocycles. The Morgan fingerprint density at radius 3 is 2.70 bits per heavy atom. The minimum atomic E-state index is -3.80. The molecule has 8 heteroatoms. The van der Waals surface area contributed by atoms with Gasteiger partial charge in [-0.1, -0.05) is 0 Å². The van der Waals surface area contributed by atoms with E-state index in [4.69, 9.17) is 9.15 Å². The maximum absolute atomic E-state index is 13.1. The highest BCUT2D eigenvalue weighted by Crippen LogP contribution is 2.32. The quantitative estimate of drug-likeness (QED) is 0.810. The first-order valence-electron chi connectivity index (χ1n) is 7.66. The minimum Gasteiger partial charge on any atom is -0.465 e. The largest absolute Gasteiger partial charge is 0.465 e. The lowest BCUT2D eigenvalue weighted by molar-refractivity contribution is 0.0594. The van der Waals surface area contributed by atoms with Gasteiger partial charge < -0.3 is 14.5 Å². The average molecular weight is 344 g/mol. The van der Waals surface area contributed by atoms with Crippen LogP contribution >= 0.6 is 0 Å². The molecule has 2 rings (SSSR count). The SMILES string of the molecule is CNCC1CCCN(S(=O)(=O)c2c(C)oc(C)c2C(=O)OC)C1. The van der Waals surface area contributed by atoms with Crippen molar-refractivity contribution in [2.45, 2.75) is 31.6 Å². The Kier molecular flexibility index (Phi) is 5.49. The number of methoxy groups -OCH3 is 1. The molecule has 1 aliphatic rings. The molecule has 1 atom stereocenters. The van der Waals surface area contributed by atoms with Crippen molar-refractivity contribution in [3.05, 3.63) is 17.1 Å². The number of rotatable bonds is 5. The zero-order valence-corrected chi connectivity index (χ0v) is 14.8. The van der Waals surface area contributed by atoms with Crippen molar-refractivity contribution in [1.29, 1.82) is 0 Å². The van der Waals surface area contributed by atoms with Gasteiger partial charge in [0.25, 0.3) is 0 Å². The van der Waals surface area contributed by atoms with Crippen LogP contribution in [0.15, 0.2) is 9.31 Å². The van der Waals surface area contributed by atoms with Crippen LogP contribution in [0, 0.1) is 19.8 Å². The van der Waals surface area contributed by atoms with E-state index in [0.717, 1.165) is 19.4 Å². The van der Waals surface area contributed by atoms with E-state index in [2.05, 4.69) is 5.32 Å². The number of aryl methyl sites for hydroxylation is 2. The molecule has 0 aliphatic carbocycles. The Labute approximate surface area is 137 Å². The number of nitrogens with zero attached hydrogens (tertiary/aromatic N) is 1. The summed E-state index contributed by atoms with van der Waals surface area (Å²) in [5, 5.41) is 3.09. The van der Waals surface area contributed by atoms with Crippen LogP contribution in [0.4, 0.5) is 0 Å². The van der Waals surface area contributed by atoms with Gasteiger partial charge in [0.2, 0.25) is 10.0 Å². The monoisotopic (exact) mass is 344 g/mol. The summed E-state index contributed by atoms with van der Waals surface area (Å²) in [4.78, 5) is 11.9. The number of carbonyl (C=O) groups excluding carboxylic acids is 1. The fourth-order valence-corrected chi connectivity index (χ4v) is 5.07. The zero-order chi connectivity index (χ0) is 17.2. The van der Waals surface area contributed by atoms with Gasteiger partial charge in [0.05, 0.1) is 7.11 Å². The lowest BCUT2D eigenvalue weighted by atomic mass is 10.00. The van der Waals surface area contributed by atoms with E-state index in [0.29, 0.717) is 13.1 Å². The number of carbonyl (C=O) groups is 1. The molecule has 0 radical (unpaired) electrons. The third-order valence-electron chi connectivity index (χ3n) is 4.17. The Morgan fingerprint density at radius 1 is 1.39 bits per heavy atom. The molecule has 1 saturated heterocycles. The van der Waals surface area contributed by atoms with Crippen LogP contribution in [0.25, 0.3) is 0 Å². The van der Waals surface area contributed by atoms with Gasteiger partial charge >= 0.3 is 5.97 Å². The van der Waals surface area contributed by atoms with E-state index < -0.39 is 16.0 Å². The van der Waals surface area contributed by atoms with Gasteiger partial charge in [-0.15, -0.1) is 0 Å². The van der Waals surface area contributed by atoms with Gasteiger partial charge in [-0.05, 0) is 46.2 Å². The lowest BCUT2D eigenvalue weighted by Gasteiger charge is -2.31. The highest BCUT2D eigenvalue weighted by molar-refractivity contribution is 7.89. The molecule has 1 fully saturated rings. The van der Waals surface area contributed by atoms with Crippen molar-refractivity contribution >= 4 is 16.0 Å². The first kappa shape index (κ1) is 18.0. The molecule has 0 saturated carbocycles. The maximum atomic E-state index is 13.1. The number of piperidine rings is 1. The molecule has 0 spiro atoms. The Bertz CT molecular complexity index is 678. The van der Waals surface area contributed by atoms with Gasteiger partial charge in [-0.3, -0.25) is 0 Å². The van der Waals surface area contributed by atoms with Crippen LogP contribution in [-0.4, -0.2) is 52.5 Å². The van der Waals surface area contributed by atoms with Crippen LogP contribution in [0.1, 0.15) is 34.7 Å². The number of nitrogens with one attached hydrogen (secondary N) is 1. The molecule has 0 bridgehead atoms. The van der Waals surface area contributed by atoms with E-state index >= 15 is 0 Å². The molecular formula is C15H24N2O5S. The van der Waals surface area contributed by atoms with E-state index in [1.54, 1.807) is 13.8 Å². The average Bonchev–Trinajstić information content (AvgIpc) is 2.82. The summed E-state index contributed by atoms with van der Waals surface area (Å²) in [6.07, 6.45) is 1.79. The molecule has 1 aliphatic heterocycles. The predicted octanol–water partition coefficient (Wildman–Crippen LogP) is 1.30. The topological polar surface area (TPSA) is 88.9 Å². The van der Waals surface area contributed by atoms with Crippen molar-refractivity contribution in [2.24, 2.45) is 5.92 Å². The fraction of sp³-hybridized carbons (Fsp3) is 0.667. The van der Waals surface area contributed by atoms with E-state index in [-0.39, 0.29) is 27.9 Å². The number of hydrogen-bond acceptors (Lipinski definition) is 6. The Morgan fingerprint density at radius 2 is 2.09 bits per heavy atom. The molecule has 0 aromatic carbocycles. The van der Waals surface area contributed by atoms with Crippen LogP contribution in [0.3, 0.4) is 0 Å². The van der Waals surface area contributed by atoms with Crippen molar-refractivity contribution in [2.75, 3.05) is 33.8 Å². The van der Waals surface area contributed by atoms with Crippen molar-refractivity contribution in [1.82, 2.24) is 9.62 Å². The van der Waals surface area contributed by atoms with E-state index in [1.807, 2.05) is 7.05 Å². The summed E-state index contributed by atoms with van der Waals surface area (Å²) < 4.78 is 37.7. The molecule has 1 unspecified atom stereocenters. The van der Waals surface area contributed by atoms with Crippen molar-refractivity contribution in [3.63, 3.8) is 0 Å². The predicted molar refractivity (Wildman–Crippen MR) is 84.9 cm³/mol. The fourth-order valence-electron chi connectivity index (χ4n) is 3.14. The lowest BCUT2D eigenvalue weighted by Crippen LogP contribution is -2.42. The van der Waals surface area contributed by atoms with Crippen molar-refractivity contribution < 1.29 is 22.4 Å². The normalized spacial score (nSPS) is 19.7. The molecule has 23 heavy (non-hydrogen) atoms. The van der Waals surface area contributed by atoms with Crippen LogP contribution in [0.5, 0.6) is 0 Å². The standard InChI is InChI=1S/C15H24N2O5S/c1-10-13(15(18)21-4)14(11(2)22-10)23(19,20)17-7-5-6-12(9-17)8-16-3/h12,16H,5-9H2,1-4H3. The summed E-state index contributed by atoms with van der Waals surface area (Å²) in [6, 6.07) is 0. The van der Waals surface area contributed by atoms with Gasteiger partial charge in [0, 0.05) is 13.1 Å². The Hall–Kier alpha value is -1.38. The highest BCUT2D eigenvalue weighted by Gasteiger charge is 2.37. The number of esters is 1. The summed E-state index contributed by atoms with van der Waals surface area (Å²) >= 11 is 0.